The van der Waals surface area contributed by atoms with Crippen LogP contribution in [0.3, 0.4) is 0 Å². The van der Waals surface area contributed by atoms with Gasteiger partial charge < -0.3 is 20.5 Å². The molecule has 0 radical (unpaired) electrons. The van der Waals surface area contributed by atoms with E-state index in [1.54, 1.807) is 18.2 Å². The highest BCUT2D eigenvalue weighted by atomic mass is 16.5. The van der Waals surface area contributed by atoms with Crippen molar-refractivity contribution in [3.8, 4) is 5.75 Å². The fraction of sp³-hybridized carbons (Fsp3) is 0.188. The Hall–Kier alpha value is -3.09. The molecule has 23 heavy (non-hydrogen) atoms. The Kier molecular flexibility index (Phi) is 5.14. The highest BCUT2D eigenvalue weighted by molar-refractivity contribution is 5.93. The van der Waals surface area contributed by atoms with Crippen molar-refractivity contribution in [1.82, 2.24) is 4.98 Å². The van der Waals surface area contributed by atoms with Crippen molar-refractivity contribution in [3.63, 3.8) is 0 Å². The van der Waals surface area contributed by atoms with Crippen LogP contribution in [-0.4, -0.2) is 31.1 Å². The molecular weight excluding hydrogens is 298 g/mol. The zero-order valence-electron chi connectivity index (χ0n) is 12.8. The van der Waals surface area contributed by atoms with Crippen molar-refractivity contribution in [3.05, 3.63) is 53.2 Å². The van der Waals surface area contributed by atoms with E-state index in [9.17, 15) is 9.59 Å². The molecule has 1 aromatic heterocycles. The minimum atomic E-state index is -0.520. The first kappa shape index (κ1) is 16.3. The minimum Gasteiger partial charge on any atom is -0.496 e. The molecule has 2 aromatic rings. The monoisotopic (exact) mass is 315 g/mol. The van der Waals surface area contributed by atoms with E-state index >= 15 is 0 Å². The van der Waals surface area contributed by atoms with Crippen LogP contribution in [0, 0.1) is 0 Å². The number of aromatic nitrogens is 1. The van der Waals surface area contributed by atoms with Gasteiger partial charge in [0.05, 0.1) is 14.2 Å². The molecule has 0 saturated carbocycles. The fourth-order valence-corrected chi connectivity index (χ4v) is 2.01. The number of methoxy groups -OCH3 is 2. The third kappa shape index (κ3) is 3.97. The lowest BCUT2D eigenvalue weighted by Crippen LogP contribution is -2.12. The third-order valence-electron chi connectivity index (χ3n) is 3.19. The summed E-state index contributed by atoms with van der Waals surface area (Å²) in [5.74, 6) is -0.0448. The van der Waals surface area contributed by atoms with Gasteiger partial charge in [-0.3, -0.25) is 4.79 Å². The summed E-state index contributed by atoms with van der Waals surface area (Å²) in [7, 11) is 2.80. The van der Waals surface area contributed by atoms with Gasteiger partial charge in [0, 0.05) is 18.3 Å². The van der Waals surface area contributed by atoms with Crippen molar-refractivity contribution in [1.29, 1.82) is 0 Å². The van der Waals surface area contributed by atoms with E-state index in [1.165, 1.54) is 26.5 Å². The number of nitrogens with zero attached hydrogens (tertiary/aromatic N) is 1. The van der Waals surface area contributed by atoms with Crippen LogP contribution in [0.4, 0.5) is 5.82 Å². The number of rotatable bonds is 6. The summed E-state index contributed by atoms with van der Waals surface area (Å²) in [4.78, 5) is 27.0. The Labute approximate surface area is 133 Å². The summed E-state index contributed by atoms with van der Waals surface area (Å²) in [6, 6.07) is 8.28. The number of esters is 1. The number of nitrogens with one attached hydrogen (secondary N) is 1. The van der Waals surface area contributed by atoms with Crippen LogP contribution < -0.4 is 15.8 Å². The lowest BCUT2D eigenvalue weighted by Gasteiger charge is -2.10. The smallest absolute Gasteiger partial charge is 0.341 e. The van der Waals surface area contributed by atoms with Gasteiger partial charge in [-0.25, -0.2) is 9.78 Å². The molecule has 1 aromatic carbocycles. The molecule has 0 aliphatic heterocycles. The Bertz CT molecular complexity index is 731. The number of anilines is 1. The van der Waals surface area contributed by atoms with Crippen LogP contribution in [-0.2, 0) is 11.3 Å². The van der Waals surface area contributed by atoms with Crippen LogP contribution in [0.25, 0.3) is 0 Å². The number of nitrogens with two attached hydrogens (primary N) is 1. The number of hydrogen-bond acceptors (Lipinski definition) is 6. The van der Waals surface area contributed by atoms with E-state index in [0.717, 1.165) is 5.56 Å². The maximum atomic E-state index is 11.8. The molecule has 120 valence electrons. The maximum absolute atomic E-state index is 11.8. The standard InChI is InChI=1S/C16H17N3O4/c1-22-13-4-3-10(7-12(13)16(21)23-2)9-19-14-8-11(15(17)20)5-6-18-14/h3-8H,9H2,1-2H3,(H2,17,20)(H,18,19). The number of benzene rings is 1. The van der Waals surface area contributed by atoms with Crippen molar-refractivity contribution in [2.75, 3.05) is 19.5 Å². The summed E-state index contributed by atoms with van der Waals surface area (Å²) in [6.45, 7) is 0.406. The Morgan fingerprint density at radius 1 is 1.22 bits per heavy atom. The molecule has 0 spiro atoms. The molecule has 0 aliphatic carbocycles. The quantitative estimate of drug-likeness (QED) is 0.785. The van der Waals surface area contributed by atoms with Gasteiger partial charge in [0.1, 0.15) is 17.1 Å². The molecule has 7 heteroatoms. The second-order valence-corrected chi connectivity index (χ2v) is 4.67. The number of amides is 1. The van der Waals surface area contributed by atoms with Crippen LogP contribution in [0.2, 0.25) is 0 Å². The fourth-order valence-electron chi connectivity index (χ4n) is 2.01. The van der Waals surface area contributed by atoms with Gasteiger partial charge in [-0.15, -0.1) is 0 Å². The van der Waals surface area contributed by atoms with Crippen LogP contribution >= 0.6 is 0 Å². The Morgan fingerprint density at radius 2 is 2.00 bits per heavy atom. The molecule has 0 fully saturated rings. The number of hydrogen-bond donors (Lipinski definition) is 2. The van der Waals surface area contributed by atoms with E-state index in [2.05, 4.69) is 10.3 Å². The number of primary amides is 1. The number of carbonyl (C=O) groups excluding carboxylic acids is 2. The average molecular weight is 315 g/mol. The first-order valence-corrected chi connectivity index (χ1v) is 6.80. The maximum Gasteiger partial charge on any atom is 0.341 e. The molecule has 0 unspecified atom stereocenters. The molecule has 0 atom stereocenters. The number of carbonyl (C=O) groups is 2. The summed E-state index contributed by atoms with van der Waals surface area (Å²) >= 11 is 0. The summed E-state index contributed by atoms with van der Waals surface area (Å²) in [5, 5.41) is 3.07. The van der Waals surface area contributed by atoms with Crippen molar-refractivity contribution in [2.24, 2.45) is 5.73 Å². The number of pyridine rings is 1. The summed E-state index contributed by atoms with van der Waals surface area (Å²) < 4.78 is 9.88. The van der Waals surface area contributed by atoms with Gasteiger partial charge in [0.15, 0.2) is 0 Å². The van der Waals surface area contributed by atoms with Gasteiger partial charge >= 0.3 is 5.97 Å². The van der Waals surface area contributed by atoms with Gasteiger partial charge in [-0.05, 0) is 29.8 Å². The van der Waals surface area contributed by atoms with Gasteiger partial charge in [0.25, 0.3) is 0 Å². The SMILES string of the molecule is COC(=O)c1cc(CNc2cc(C(N)=O)ccn2)ccc1OC. The second kappa shape index (κ2) is 7.26. The molecular formula is C16H17N3O4. The molecule has 3 N–H and O–H groups in total. The first-order chi connectivity index (χ1) is 11.0. The zero-order chi connectivity index (χ0) is 16.8. The largest absolute Gasteiger partial charge is 0.496 e. The lowest BCUT2D eigenvalue weighted by atomic mass is 10.1. The van der Waals surface area contributed by atoms with Crippen LogP contribution in [0.1, 0.15) is 26.3 Å². The van der Waals surface area contributed by atoms with Crippen molar-refractivity contribution < 1.29 is 19.1 Å². The Balaban J connectivity index is 2.16. The van der Waals surface area contributed by atoms with Crippen molar-refractivity contribution in [2.45, 2.75) is 6.54 Å². The topological polar surface area (TPSA) is 104 Å². The van der Waals surface area contributed by atoms with Crippen LogP contribution in [0.15, 0.2) is 36.5 Å². The molecule has 1 amide bonds. The second-order valence-electron chi connectivity index (χ2n) is 4.67. The van der Waals surface area contributed by atoms with E-state index in [1.807, 2.05) is 6.07 Å². The van der Waals surface area contributed by atoms with E-state index in [-0.39, 0.29) is 0 Å². The van der Waals surface area contributed by atoms with E-state index in [0.29, 0.717) is 29.2 Å². The van der Waals surface area contributed by atoms with E-state index < -0.39 is 11.9 Å². The predicted molar refractivity (Wildman–Crippen MR) is 84.4 cm³/mol. The summed E-state index contributed by atoms with van der Waals surface area (Å²) in [5.41, 5.74) is 6.77. The average Bonchev–Trinajstić information content (AvgIpc) is 2.59. The Morgan fingerprint density at radius 3 is 2.65 bits per heavy atom. The molecule has 7 nitrogen and oxygen atoms in total. The van der Waals surface area contributed by atoms with Crippen LogP contribution in [0.5, 0.6) is 5.75 Å². The van der Waals surface area contributed by atoms with E-state index in [4.69, 9.17) is 15.2 Å². The normalized spacial score (nSPS) is 10.0. The molecule has 1 heterocycles. The first-order valence-electron chi connectivity index (χ1n) is 6.80. The third-order valence-corrected chi connectivity index (χ3v) is 3.19. The minimum absolute atomic E-state index is 0.341. The van der Waals surface area contributed by atoms with Gasteiger partial charge in [-0.1, -0.05) is 6.07 Å². The van der Waals surface area contributed by atoms with Gasteiger partial charge in [0.2, 0.25) is 5.91 Å². The summed E-state index contributed by atoms with van der Waals surface area (Å²) in [6.07, 6.45) is 1.50. The molecule has 2 rings (SSSR count). The predicted octanol–water partition coefficient (Wildman–Crippen LogP) is 1.59. The highest BCUT2D eigenvalue weighted by Gasteiger charge is 2.13. The zero-order valence-corrected chi connectivity index (χ0v) is 12.8. The molecule has 0 aliphatic rings. The molecule has 0 saturated heterocycles. The molecule has 0 bridgehead atoms. The van der Waals surface area contributed by atoms with Gasteiger partial charge in [-0.2, -0.15) is 0 Å². The lowest BCUT2D eigenvalue weighted by molar-refractivity contribution is 0.0597. The number of ether oxygens (including phenoxy) is 2. The highest BCUT2D eigenvalue weighted by Crippen LogP contribution is 2.21. The van der Waals surface area contributed by atoms with Crippen molar-refractivity contribution >= 4 is 17.7 Å².